The second kappa shape index (κ2) is 30.0. The number of hydrogen-bond acceptors (Lipinski definition) is 13. The molecule has 1 unspecified atom stereocenters. The third-order valence-corrected chi connectivity index (χ3v) is 16.1. The van der Waals surface area contributed by atoms with E-state index in [-0.39, 0.29) is 67.7 Å². The summed E-state index contributed by atoms with van der Waals surface area (Å²) >= 11 is 0. The molecule has 0 aromatic heterocycles. The van der Waals surface area contributed by atoms with Crippen LogP contribution in [0.3, 0.4) is 0 Å². The molecule has 452 valence electrons. The monoisotopic (exact) mass is 1140 g/mol. The minimum atomic E-state index is -1.20. The molecular formula is C65H92N8O10. The number of allylic oxidation sites excluding steroid dienone is 2. The van der Waals surface area contributed by atoms with Gasteiger partial charge in [-0.05, 0) is 118 Å². The molecule has 0 saturated carbocycles. The fourth-order valence-corrected chi connectivity index (χ4v) is 11.2. The highest BCUT2D eigenvalue weighted by molar-refractivity contribution is 5.94. The number of hydrogen-bond donors (Lipinski definition) is 5. The first kappa shape index (κ1) is 65.1. The Hall–Kier alpha value is -7.02. The van der Waals surface area contributed by atoms with Gasteiger partial charge in [0.05, 0.1) is 60.6 Å². The number of fused-ring (bicyclic) bond motifs is 1. The quantitative estimate of drug-likeness (QED) is 0.0432. The van der Waals surface area contributed by atoms with Crippen molar-refractivity contribution in [1.29, 1.82) is 0 Å². The standard InChI is InChI=1S/C65H92N8O10/c1-14-42(6)57(71(11)62(77)56(40(2)3)70-64(79)65(9,10)66)54(80-12)38-55(74)73-34-19-23-53(73)58(81-13)44(8)60(75)69-51(37-45-21-16-15-17-22-45)63(78)82-35-32-49(67-61(76)48-28-30-50(31-29-48)83-41(4)5)36-46-24-26-47(27-25-46)52-39-72-33-18-20-43(7)59(72)68-52/h15-18,20-22,24-31,33,39-42,44,49,51,53-54,56-59,68H,14,19,23,32,34-38,66H2,1-13H3,(H,67,76)(H,69,75)(H,70,79)/t42-,44+,49-,51+,53-,54+,56-,57-,58+,59?/m0/s1. The van der Waals surface area contributed by atoms with E-state index >= 15 is 0 Å². The number of rotatable bonds is 29. The molecule has 0 radical (unpaired) electrons. The van der Waals surface area contributed by atoms with Gasteiger partial charge in [0.25, 0.3) is 5.91 Å². The molecule has 6 rings (SSSR count). The largest absolute Gasteiger partial charge is 0.491 e. The first-order valence-corrected chi connectivity index (χ1v) is 29.4. The predicted molar refractivity (Wildman–Crippen MR) is 322 cm³/mol. The molecule has 83 heavy (non-hydrogen) atoms. The van der Waals surface area contributed by atoms with E-state index in [0.29, 0.717) is 43.5 Å². The van der Waals surface area contributed by atoms with Crippen LogP contribution in [0.25, 0.3) is 5.70 Å². The van der Waals surface area contributed by atoms with Gasteiger partial charge in [-0.2, -0.15) is 0 Å². The minimum Gasteiger partial charge on any atom is -0.491 e. The van der Waals surface area contributed by atoms with Crippen LogP contribution in [-0.4, -0.2) is 145 Å². The molecule has 3 aliphatic rings. The molecule has 0 spiro atoms. The highest BCUT2D eigenvalue weighted by Crippen LogP contribution is 2.31. The Kier molecular flexibility index (Phi) is 23.5. The normalized spacial score (nSPS) is 18.7. The molecule has 3 heterocycles. The summed E-state index contributed by atoms with van der Waals surface area (Å²) in [6.07, 6.45) is 9.56. The summed E-state index contributed by atoms with van der Waals surface area (Å²) in [7, 11) is 4.73. The summed E-state index contributed by atoms with van der Waals surface area (Å²) in [4.78, 5) is 90.0. The third-order valence-electron chi connectivity index (χ3n) is 16.1. The molecule has 3 aromatic rings. The average molecular weight is 1150 g/mol. The van der Waals surface area contributed by atoms with E-state index in [2.05, 4.69) is 57.5 Å². The highest BCUT2D eigenvalue weighted by atomic mass is 16.5. The number of ether oxygens (including phenoxy) is 4. The number of nitrogens with two attached hydrogens (primary N) is 1. The lowest BCUT2D eigenvalue weighted by Gasteiger charge is -2.41. The van der Waals surface area contributed by atoms with Crippen molar-refractivity contribution in [3.63, 3.8) is 0 Å². The van der Waals surface area contributed by atoms with E-state index in [1.807, 2.05) is 96.3 Å². The summed E-state index contributed by atoms with van der Waals surface area (Å²) in [6.45, 7) is 19.0. The van der Waals surface area contributed by atoms with Crippen LogP contribution in [0.5, 0.6) is 5.75 Å². The minimum absolute atomic E-state index is 0.0252. The smallest absolute Gasteiger partial charge is 0.328 e. The Morgan fingerprint density at radius 3 is 2.13 bits per heavy atom. The van der Waals surface area contributed by atoms with Gasteiger partial charge in [-0.1, -0.05) is 102 Å². The number of amides is 5. The van der Waals surface area contributed by atoms with Crippen molar-refractivity contribution in [3.05, 3.63) is 131 Å². The first-order valence-electron chi connectivity index (χ1n) is 29.4. The zero-order valence-corrected chi connectivity index (χ0v) is 51.1. The van der Waals surface area contributed by atoms with Gasteiger partial charge in [-0.3, -0.25) is 24.0 Å². The number of likely N-dealkylation sites (N-methyl/N-ethyl adjacent to an activating group) is 1. The number of likely N-dealkylation sites (tertiary alicyclic amines) is 1. The Labute approximate surface area is 492 Å². The van der Waals surface area contributed by atoms with Crippen LogP contribution in [0, 0.1) is 17.8 Å². The molecule has 3 aromatic carbocycles. The van der Waals surface area contributed by atoms with Gasteiger partial charge in [0.1, 0.15) is 24.0 Å². The Bertz CT molecular complexity index is 2760. The second-order valence-electron chi connectivity index (χ2n) is 23.8. The third kappa shape index (κ3) is 17.5. The van der Waals surface area contributed by atoms with Crippen molar-refractivity contribution < 1.29 is 47.7 Å². The molecule has 18 nitrogen and oxygen atoms in total. The Morgan fingerprint density at radius 1 is 0.855 bits per heavy atom. The number of carbonyl (C=O) groups excluding carboxylic acids is 6. The number of esters is 1. The first-order chi connectivity index (χ1) is 39.4. The van der Waals surface area contributed by atoms with E-state index in [1.165, 1.54) is 19.8 Å². The van der Waals surface area contributed by atoms with E-state index < -0.39 is 71.7 Å². The van der Waals surface area contributed by atoms with Gasteiger partial charge in [-0.15, -0.1) is 0 Å². The van der Waals surface area contributed by atoms with E-state index in [1.54, 1.807) is 61.9 Å². The summed E-state index contributed by atoms with van der Waals surface area (Å²) in [5.74, 6) is -2.88. The van der Waals surface area contributed by atoms with E-state index in [4.69, 9.17) is 24.7 Å². The van der Waals surface area contributed by atoms with E-state index in [0.717, 1.165) is 22.4 Å². The fourth-order valence-electron chi connectivity index (χ4n) is 11.2. The van der Waals surface area contributed by atoms with Crippen molar-refractivity contribution in [1.82, 2.24) is 36.0 Å². The van der Waals surface area contributed by atoms with Crippen LogP contribution >= 0.6 is 0 Å². The van der Waals surface area contributed by atoms with Crippen molar-refractivity contribution in [3.8, 4) is 5.75 Å². The molecule has 1 fully saturated rings. The van der Waals surface area contributed by atoms with E-state index in [9.17, 15) is 28.8 Å². The lowest BCUT2D eigenvalue weighted by atomic mass is 9.89. The van der Waals surface area contributed by atoms with Crippen molar-refractivity contribution in [2.75, 3.05) is 34.4 Å². The number of benzene rings is 3. The second-order valence-corrected chi connectivity index (χ2v) is 23.8. The van der Waals surface area contributed by atoms with Crippen LogP contribution in [0.2, 0.25) is 0 Å². The Morgan fingerprint density at radius 2 is 1.53 bits per heavy atom. The zero-order valence-electron chi connectivity index (χ0n) is 51.1. The summed E-state index contributed by atoms with van der Waals surface area (Å²) in [5.41, 5.74) is 10.4. The zero-order chi connectivity index (χ0) is 60.7. The predicted octanol–water partition coefficient (Wildman–Crippen LogP) is 7.28. The molecule has 3 aliphatic heterocycles. The van der Waals surface area contributed by atoms with Gasteiger partial charge in [0, 0.05) is 64.7 Å². The topological polar surface area (TPSA) is 223 Å². The average Bonchev–Trinajstić information content (AvgIpc) is 4.35. The molecular weight excluding hydrogens is 1050 g/mol. The molecule has 0 aliphatic carbocycles. The van der Waals surface area contributed by atoms with Gasteiger partial charge < -0.3 is 60.6 Å². The van der Waals surface area contributed by atoms with Gasteiger partial charge in [0.2, 0.25) is 23.6 Å². The molecule has 18 heteroatoms. The maximum atomic E-state index is 14.6. The SMILES string of the molecule is CC[C@H](C)[C@@H]([C@@H](CC(=O)N1CCC[C@H]1[C@H](OC)[C@@H](C)C(=O)N[C@H](Cc1ccccc1)C(=O)OCC[C@@H](Cc1ccc(C2=CN3C=CC=C(C)C3N2)cc1)NC(=O)c1ccc(OC(C)C)cc1)OC)N(C)C(=O)[C@@H](NC(=O)C(C)(C)N)C(C)C. The maximum absolute atomic E-state index is 14.6. The fraction of sp³-hybridized carbons (Fsp3) is 0.538. The van der Waals surface area contributed by atoms with Gasteiger partial charge in [-0.25, -0.2) is 4.79 Å². The Balaban J connectivity index is 1.14. The van der Waals surface area contributed by atoms with Crippen molar-refractivity contribution in [2.24, 2.45) is 23.5 Å². The number of methoxy groups -OCH3 is 2. The molecule has 1 saturated heterocycles. The maximum Gasteiger partial charge on any atom is 0.328 e. The summed E-state index contributed by atoms with van der Waals surface area (Å²) in [6, 6.07) is 21.1. The molecule has 0 bridgehead atoms. The van der Waals surface area contributed by atoms with Gasteiger partial charge in [0.15, 0.2) is 0 Å². The van der Waals surface area contributed by atoms with Crippen LogP contribution < -0.4 is 31.7 Å². The lowest BCUT2D eigenvalue weighted by molar-refractivity contribution is -0.150. The summed E-state index contributed by atoms with van der Waals surface area (Å²) < 4.78 is 24.0. The van der Waals surface area contributed by atoms with Crippen LogP contribution in [-0.2, 0) is 51.0 Å². The van der Waals surface area contributed by atoms with Crippen molar-refractivity contribution >= 4 is 41.2 Å². The molecule has 10 atom stereocenters. The highest BCUT2D eigenvalue weighted by Gasteiger charge is 2.44. The lowest BCUT2D eigenvalue weighted by Crippen LogP contribution is -2.60. The number of carbonyl (C=O) groups is 6. The molecule has 6 N–H and O–H groups in total. The molecule has 5 amide bonds. The number of nitrogens with zero attached hydrogens (tertiary/aromatic N) is 3. The van der Waals surface area contributed by atoms with Gasteiger partial charge >= 0.3 is 5.97 Å². The van der Waals surface area contributed by atoms with Crippen molar-refractivity contribution in [2.45, 2.75) is 174 Å². The number of nitrogens with one attached hydrogen (secondary N) is 4. The summed E-state index contributed by atoms with van der Waals surface area (Å²) in [5, 5.41) is 12.6. The van der Waals surface area contributed by atoms with Crippen LogP contribution in [0.4, 0.5) is 0 Å². The van der Waals surface area contributed by atoms with Crippen LogP contribution in [0.1, 0.15) is 128 Å². The van der Waals surface area contributed by atoms with Crippen LogP contribution in [0.15, 0.2) is 109 Å².